The van der Waals surface area contributed by atoms with E-state index in [1.807, 2.05) is 19.1 Å². The van der Waals surface area contributed by atoms with Crippen molar-refractivity contribution in [2.24, 2.45) is 0 Å². The maximum absolute atomic E-state index is 11.7. The molecule has 6 heteroatoms. The Balaban J connectivity index is 2.49. The molecule has 0 aromatic carbocycles. The van der Waals surface area contributed by atoms with Gasteiger partial charge in [-0.1, -0.05) is 0 Å². The number of fused-ring (bicyclic) bond motifs is 1. The van der Waals surface area contributed by atoms with Crippen LogP contribution in [0.15, 0.2) is 23.1 Å². The molecule has 2 heterocycles. The van der Waals surface area contributed by atoms with Crippen molar-refractivity contribution in [1.82, 2.24) is 14.2 Å². The molecule has 0 unspecified atom stereocenters. The minimum absolute atomic E-state index is 0.171. The summed E-state index contributed by atoms with van der Waals surface area (Å²) in [5.74, 6) is 0. The van der Waals surface area contributed by atoms with Gasteiger partial charge in [-0.15, -0.1) is 5.10 Å². The zero-order chi connectivity index (χ0) is 10.8. The van der Waals surface area contributed by atoms with Crippen LogP contribution < -0.4 is 5.69 Å². The van der Waals surface area contributed by atoms with Crippen LogP contribution in [0.25, 0.3) is 5.65 Å². The average Bonchev–Trinajstić information content (AvgIpc) is 2.52. The van der Waals surface area contributed by atoms with E-state index in [-0.39, 0.29) is 12.4 Å². The van der Waals surface area contributed by atoms with Crippen LogP contribution >= 0.6 is 22.6 Å². The zero-order valence-corrected chi connectivity index (χ0v) is 10.3. The van der Waals surface area contributed by atoms with Crippen molar-refractivity contribution in [3.8, 4) is 0 Å². The molecule has 0 N–H and O–H groups in total. The van der Waals surface area contributed by atoms with Gasteiger partial charge in [-0.05, 0) is 41.6 Å². The molecule has 0 fully saturated rings. The van der Waals surface area contributed by atoms with E-state index in [0.29, 0.717) is 12.3 Å². The summed E-state index contributed by atoms with van der Waals surface area (Å²) in [4.78, 5) is 11.7. The lowest BCUT2D eigenvalue weighted by atomic mass is 10.5. The van der Waals surface area contributed by atoms with Crippen LogP contribution in [-0.2, 0) is 11.5 Å². The lowest BCUT2D eigenvalue weighted by Crippen LogP contribution is -2.22. The lowest BCUT2D eigenvalue weighted by molar-refractivity contribution is 0.0767. The first-order valence-electron chi connectivity index (χ1n) is 4.55. The molecule has 0 bridgehead atoms. The lowest BCUT2D eigenvalue weighted by Gasteiger charge is -1.96. The maximum Gasteiger partial charge on any atom is 0.352 e. The van der Waals surface area contributed by atoms with E-state index in [9.17, 15) is 4.79 Å². The third kappa shape index (κ3) is 2.05. The van der Waals surface area contributed by atoms with E-state index in [1.165, 1.54) is 9.08 Å². The number of rotatable bonds is 3. The normalized spacial score (nSPS) is 11.1. The summed E-state index contributed by atoms with van der Waals surface area (Å²) in [5, 5.41) is 4.15. The Morgan fingerprint density at radius 3 is 3.13 bits per heavy atom. The third-order valence-corrected chi connectivity index (χ3v) is 2.64. The Kier molecular flexibility index (Phi) is 3.06. The van der Waals surface area contributed by atoms with E-state index in [1.54, 1.807) is 6.20 Å². The van der Waals surface area contributed by atoms with E-state index >= 15 is 0 Å². The van der Waals surface area contributed by atoms with Crippen molar-refractivity contribution in [2.75, 3.05) is 6.61 Å². The molecule has 0 aliphatic rings. The van der Waals surface area contributed by atoms with E-state index < -0.39 is 0 Å². The van der Waals surface area contributed by atoms with Crippen LogP contribution in [0.3, 0.4) is 0 Å². The second-order valence-electron chi connectivity index (χ2n) is 2.98. The molecule has 80 valence electrons. The van der Waals surface area contributed by atoms with Gasteiger partial charge in [0, 0.05) is 16.4 Å². The van der Waals surface area contributed by atoms with Gasteiger partial charge in [-0.25, -0.2) is 4.79 Å². The van der Waals surface area contributed by atoms with Crippen LogP contribution in [0, 0.1) is 3.57 Å². The van der Waals surface area contributed by atoms with Crippen LogP contribution in [0.4, 0.5) is 0 Å². The quantitative estimate of drug-likeness (QED) is 0.796. The molecule has 0 radical (unpaired) electrons. The monoisotopic (exact) mass is 319 g/mol. The first kappa shape index (κ1) is 10.6. The SMILES string of the molecule is CCOCn1nc2cc(I)ccn2c1=O. The molecule has 15 heavy (non-hydrogen) atoms. The number of pyridine rings is 1. The highest BCUT2D eigenvalue weighted by atomic mass is 127. The van der Waals surface area contributed by atoms with Gasteiger partial charge < -0.3 is 4.74 Å². The van der Waals surface area contributed by atoms with Gasteiger partial charge in [0.15, 0.2) is 5.65 Å². The highest BCUT2D eigenvalue weighted by Crippen LogP contribution is 2.05. The summed E-state index contributed by atoms with van der Waals surface area (Å²) in [6, 6.07) is 3.71. The van der Waals surface area contributed by atoms with Crippen molar-refractivity contribution in [1.29, 1.82) is 0 Å². The second kappa shape index (κ2) is 4.31. The molecular weight excluding hydrogens is 309 g/mol. The molecule has 0 aliphatic carbocycles. The Morgan fingerprint density at radius 2 is 2.40 bits per heavy atom. The number of hydrogen-bond donors (Lipinski definition) is 0. The minimum atomic E-state index is -0.171. The van der Waals surface area contributed by atoms with Gasteiger partial charge in [0.25, 0.3) is 0 Å². The second-order valence-corrected chi connectivity index (χ2v) is 4.22. The maximum atomic E-state index is 11.7. The third-order valence-electron chi connectivity index (χ3n) is 1.96. The molecule has 0 amide bonds. The molecule has 2 aromatic rings. The molecule has 2 rings (SSSR count). The summed E-state index contributed by atoms with van der Waals surface area (Å²) in [6.07, 6.45) is 1.72. The number of halogens is 1. The van der Waals surface area contributed by atoms with Crippen molar-refractivity contribution in [3.05, 3.63) is 32.4 Å². The van der Waals surface area contributed by atoms with Crippen molar-refractivity contribution in [3.63, 3.8) is 0 Å². The largest absolute Gasteiger partial charge is 0.359 e. The standard InChI is InChI=1S/C9H10IN3O2/c1-2-15-6-13-9(14)12-4-3-7(10)5-8(12)11-13/h3-5H,2,6H2,1H3. The Hall–Kier alpha value is -0.890. The minimum Gasteiger partial charge on any atom is -0.359 e. The first-order valence-corrected chi connectivity index (χ1v) is 5.62. The summed E-state index contributed by atoms with van der Waals surface area (Å²) in [5.41, 5.74) is 0.474. The van der Waals surface area contributed by atoms with Crippen LogP contribution in [0.2, 0.25) is 0 Å². The van der Waals surface area contributed by atoms with E-state index in [4.69, 9.17) is 4.74 Å². The number of nitrogens with zero attached hydrogens (tertiary/aromatic N) is 3. The van der Waals surface area contributed by atoms with Crippen LogP contribution in [0.5, 0.6) is 0 Å². The number of aromatic nitrogens is 3. The highest BCUT2D eigenvalue weighted by molar-refractivity contribution is 14.1. The predicted molar refractivity (Wildman–Crippen MR) is 63.8 cm³/mol. The van der Waals surface area contributed by atoms with Crippen molar-refractivity contribution < 1.29 is 4.74 Å². The fourth-order valence-electron chi connectivity index (χ4n) is 1.25. The molecule has 0 spiro atoms. The zero-order valence-electron chi connectivity index (χ0n) is 8.18. The Labute approximate surface area is 99.8 Å². The summed E-state index contributed by atoms with van der Waals surface area (Å²) >= 11 is 2.18. The van der Waals surface area contributed by atoms with E-state index in [0.717, 1.165) is 3.57 Å². The predicted octanol–water partition coefficient (Wildman–Crippen LogP) is 1.09. The molecule has 0 aliphatic heterocycles. The van der Waals surface area contributed by atoms with Crippen LogP contribution in [0.1, 0.15) is 6.92 Å². The van der Waals surface area contributed by atoms with Gasteiger partial charge in [0.2, 0.25) is 0 Å². The molecule has 0 saturated carbocycles. The van der Waals surface area contributed by atoms with Crippen molar-refractivity contribution in [2.45, 2.75) is 13.7 Å². The van der Waals surface area contributed by atoms with E-state index in [2.05, 4.69) is 27.7 Å². The fraction of sp³-hybridized carbons (Fsp3) is 0.333. The fourth-order valence-corrected chi connectivity index (χ4v) is 1.69. The highest BCUT2D eigenvalue weighted by Gasteiger charge is 2.05. The van der Waals surface area contributed by atoms with Crippen molar-refractivity contribution >= 4 is 28.2 Å². The van der Waals surface area contributed by atoms with Gasteiger partial charge in [-0.2, -0.15) is 4.68 Å². The summed E-state index contributed by atoms with van der Waals surface area (Å²) in [6.45, 7) is 2.65. The van der Waals surface area contributed by atoms with Gasteiger partial charge >= 0.3 is 5.69 Å². The molecule has 0 saturated heterocycles. The molecule has 5 nitrogen and oxygen atoms in total. The average molecular weight is 319 g/mol. The molecule has 0 atom stereocenters. The topological polar surface area (TPSA) is 48.5 Å². The number of ether oxygens (including phenoxy) is 1. The van der Waals surface area contributed by atoms with Crippen LogP contribution in [-0.4, -0.2) is 20.8 Å². The smallest absolute Gasteiger partial charge is 0.352 e. The Morgan fingerprint density at radius 1 is 1.60 bits per heavy atom. The molecule has 2 aromatic heterocycles. The molecular formula is C9H10IN3O2. The Bertz CT molecular complexity index is 532. The summed E-state index contributed by atoms with van der Waals surface area (Å²) < 4.78 is 9.01. The van der Waals surface area contributed by atoms with Gasteiger partial charge in [0.1, 0.15) is 6.73 Å². The first-order chi connectivity index (χ1) is 7.22. The summed E-state index contributed by atoms with van der Waals surface area (Å²) in [7, 11) is 0. The van der Waals surface area contributed by atoms with Gasteiger partial charge in [0.05, 0.1) is 0 Å². The number of hydrogen-bond acceptors (Lipinski definition) is 3. The van der Waals surface area contributed by atoms with Gasteiger partial charge in [-0.3, -0.25) is 4.40 Å².